The van der Waals surface area contributed by atoms with Crippen LogP contribution in [-0.2, 0) is 41.9 Å². The van der Waals surface area contributed by atoms with Crippen molar-refractivity contribution < 1.29 is 71.0 Å². The number of rotatable bonds is 11. The highest BCUT2D eigenvalue weighted by Gasteiger charge is 2.38. The SMILES string of the molecule is CC(=O)c1ccc2nc(C(F)(F)F)nc(N3CCOCC3)c2c1.Cc1cc([C@@H](C)N)c(F)cc1NS(C)(=O)=O.Cc1cc([C@@H](C)NC(=O)c2ccc3nc(C(F)(F)F)nc(N4CCOCC4)c3c2)c(F)cc1NS(C)(=O)=O. The molecule has 5 N–H and O–H groups in total. The minimum absolute atomic E-state index is 0.0223. The number of morpholine rings is 2. The number of carbonyl (C=O) groups excluding carboxylic acids is 2. The maximum atomic E-state index is 14.8. The molecule has 77 heavy (non-hydrogen) atoms. The van der Waals surface area contributed by atoms with Gasteiger partial charge in [0.2, 0.25) is 31.7 Å². The first-order chi connectivity index (χ1) is 35.8. The van der Waals surface area contributed by atoms with Crippen molar-refractivity contribution in [2.24, 2.45) is 5.73 Å². The summed E-state index contributed by atoms with van der Waals surface area (Å²) in [5.41, 5.74) is 8.21. The normalized spacial score (nSPS) is 15.2. The fraction of sp³-hybridized carbons (Fsp3) is 0.388. The van der Waals surface area contributed by atoms with Crippen molar-refractivity contribution in [2.45, 2.75) is 59.1 Å². The predicted octanol–water partition coefficient (Wildman–Crippen LogP) is 8.01. The summed E-state index contributed by atoms with van der Waals surface area (Å²) in [4.78, 5) is 42.7. The number of alkyl halides is 6. The van der Waals surface area contributed by atoms with Gasteiger partial charge in [-0.05, 0) is 106 Å². The van der Waals surface area contributed by atoms with Gasteiger partial charge in [-0.25, -0.2) is 45.6 Å². The van der Waals surface area contributed by atoms with Crippen LogP contribution in [0.4, 0.5) is 58.1 Å². The highest BCUT2D eigenvalue weighted by molar-refractivity contribution is 7.92. The van der Waals surface area contributed by atoms with Gasteiger partial charge in [0.05, 0.1) is 67.4 Å². The molecule has 8 rings (SSSR count). The molecule has 0 bridgehead atoms. The molecule has 0 unspecified atom stereocenters. The summed E-state index contributed by atoms with van der Waals surface area (Å²) in [6.45, 7) is 10.9. The Balaban J connectivity index is 0.000000208. The first-order valence-corrected chi connectivity index (χ1v) is 27.1. The van der Waals surface area contributed by atoms with Gasteiger partial charge in [-0.2, -0.15) is 26.3 Å². The minimum atomic E-state index is -4.75. The van der Waals surface area contributed by atoms with E-state index in [0.29, 0.717) is 80.2 Å². The number of carbonyl (C=O) groups is 2. The molecule has 1 amide bonds. The van der Waals surface area contributed by atoms with Crippen molar-refractivity contribution in [1.29, 1.82) is 0 Å². The van der Waals surface area contributed by atoms with Gasteiger partial charge in [0.1, 0.15) is 23.3 Å². The highest BCUT2D eigenvalue weighted by Crippen LogP contribution is 2.35. The fourth-order valence-corrected chi connectivity index (χ4v) is 9.18. The number of hydrogen-bond acceptors (Lipinski definition) is 15. The Kier molecular flexibility index (Phi) is 18.3. The lowest BCUT2D eigenvalue weighted by atomic mass is 10.0. The number of sulfonamides is 2. The quantitative estimate of drug-likeness (QED) is 0.0710. The van der Waals surface area contributed by atoms with E-state index < -0.39 is 73.7 Å². The van der Waals surface area contributed by atoms with Gasteiger partial charge in [0.15, 0.2) is 5.78 Å². The third-order valence-electron chi connectivity index (χ3n) is 11.7. The number of amides is 1. The number of fused-ring (bicyclic) bond motifs is 2. The number of aryl methyl sites for hydroxylation is 2. The molecule has 0 saturated carbocycles. The second kappa shape index (κ2) is 23.8. The molecular weight excluding hydrogens is 1070 g/mol. The van der Waals surface area contributed by atoms with E-state index >= 15 is 0 Å². The Labute approximate surface area is 437 Å². The molecule has 18 nitrogen and oxygen atoms in total. The smallest absolute Gasteiger partial charge is 0.378 e. The lowest BCUT2D eigenvalue weighted by molar-refractivity contribution is -0.145. The Morgan fingerprint density at radius 1 is 0.623 bits per heavy atom. The van der Waals surface area contributed by atoms with E-state index in [0.717, 1.165) is 24.6 Å². The van der Waals surface area contributed by atoms with Crippen LogP contribution >= 0.6 is 0 Å². The van der Waals surface area contributed by atoms with Crippen LogP contribution in [0, 0.1) is 25.5 Å². The topological polar surface area (TPSA) is 241 Å². The van der Waals surface area contributed by atoms with E-state index in [2.05, 4.69) is 34.7 Å². The molecule has 0 radical (unpaired) electrons. The summed E-state index contributed by atoms with van der Waals surface area (Å²) >= 11 is 0. The zero-order valence-electron chi connectivity index (χ0n) is 42.5. The largest absolute Gasteiger partial charge is 0.451 e. The van der Waals surface area contributed by atoms with Gasteiger partial charge >= 0.3 is 12.4 Å². The van der Waals surface area contributed by atoms with Crippen LogP contribution in [-0.4, -0.2) is 114 Å². The van der Waals surface area contributed by atoms with Crippen molar-refractivity contribution in [3.8, 4) is 0 Å². The summed E-state index contributed by atoms with van der Waals surface area (Å²) in [6, 6.07) is 12.4. The number of hydrogen-bond donors (Lipinski definition) is 4. The molecule has 2 saturated heterocycles. The van der Waals surface area contributed by atoms with Gasteiger partial charge in [0, 0.05) is 65.2 Å². The number of nitrogens with one attached hydrogen (secondary N) is 3. The van der Waals surface area contributed by atoms with Crippen molar-refractivity contribution in [3.63, 3.8) is 0 Å². The van der Waals surface area contributed by atoms with Gasteiger partial charge in [-0.3, -0.25) is 19.0 Å². The van der Waals surface area contributed by atoms with E-state index in [-0.39, 0.29) is 56.3 Å². The molecule has 0 aliphatic carbocycles. The maximum Gasteiger partial charge on any atom is 0.451 e. The fourth-order valence-electron chi connectivity index (χ4n) is 7.94. The van der Waals surface area contributed by atoms with Gasteiger partial charge < -0.3 is 30.3 Å². The number of Topliss-reactive ketones (excluding diaryl/α,β-unsaturated/α-hetero) is 1. The zero-order chi connectivity index (χ0) is 56.9. The zero-order valence-corrected chi connectivity index (χ0v) is 44.1. The minimum Gasteiger partial charge on any atom is -0.378 e. The Morgan fingerprint density at radius 2 is 1.01 bits per heavy atom. The standard InChI is InChI=1S/C24H25F4N5O4S.C15H14F3N3O2.C10H15FN2O2S/c1-13-10-16(18(25)12-20(13)32-38(3,35)36)14(2)29-22(34)15-4-5-19-17(11-15)21(33-6-8-37-9-7-33)31-23(30-19)24(26,27)28;1-9(22)10-2-3-12-11(8-10)13(21-4-6-23-7-5-21)20-14(19-12)15(16,17)18;1-6-4-8(7(2)12)9(11)5-10(6)13-16(3,14)15/h4-5,10-12,14,32H,6-9H2,1-3H3,(H,29,34);2-3,8H,4-7H2,1H3;4-5,7,13H,12H2,1-3H3/t14-;;7-/m1.1/s1. The molecule has 4 heterocycles. The number of aromatic nitrogens is 4. The Morgan fingerprint density at radius 3 is 1.40 bits per heavy atom. The second-order valence-electron chi connectivity index (χ2n) is 18.1. The monoisotopic (exact) mass is 1130 g/mol. The van der Waals surface area contributed by atoms with Crippen LogP contribution in [0.25, 0.3) is 21.8 Å². The van der Waals surface area contributed by atoms with Gasteiger partial charge in [0.25, 0.3) is 5.91 Å². The average Bonchev–Trinajstić information content (AvgIpc) is 3.34. The van der Waals surface area contributed by atoms with E-state index in [1.54, 1.807) is 49.6 Å². The third kappa shape index (κ3) is 15.6. The molecule has 4 aromatic carbocycles. The molecule has 416 valence electrons. The maximum absolute atomic E-state index is 14.8. The van der Waals surface area contributed by atoms with Crippen LogP contribution in [0.3, 0.4) is 0 Å². The molecule has 2 aliphatic heterocycles. The lowest BCUT2D eigenvalue weighted by Crippen LogP contribution is -2.37. The summed E-state index contributed by atoms with van der Waals surface area (Å²) in [7, 11) is -7.01. The number of benzene rings is 4. The Hall–Kier alpha value is -6.88. The molecule has 2 fully saturated rings. The van der Waals surface area contributed by atoms with Crippen LogP contribution in [0.1, 0.15) is 87.5 Å². The summed E-state index contributed by atoms with van der Waals surface area (Å²) < 4.78 is 168. The molecule has 2 aliphatic rings. The summed E-state index contributed by atoms with van der Waals surface area (Å²) in [6.07, 6.45) is -7.42. The number of halogens is 8. The van der Waals surface area contributed by atoms with E-state index in [4.69, 9.17) is 15.2 Å². The molecule has 28 heteroatoms. The number of anilines is 4. The lowest BCUT2D eigenvalue weighted by Gasteiger charge is -2.29. The average molecular weight is 1130 g/mol. The number of nitrogens with zero attached hydrogens (tertiary/aromatic N) is 6. The van der Waals surface area contributed by atoms with Gasteiger partial charge in [-0.15, -0.1) is 0 Å². The molecule has 2 aromatic heterocycles. The second-order valence-corrected chi connectivity index (χ2v) is 21.6. The van der Waals surface area contributed by atoms with E-state index in [1.165, 1.54) is 43.3 Å². The molecule has 6 aromatic rings. The van der Waals surface area contributed by atoms with E-state index in [1.807, 2.05) is 0 Å². The van der Waals surface area contributed by atoms with Crippen LogP contribution in [0.5, 0.6) is 0 Å². The predicted molar refractivity (Wildman–Crippen MR) is 273 cm³/mol. The van der Waals surface area contributed by atoms with Crippen molar-refractivity contribution in [1.82, 2.24) is 25.3 Å². The van der Waals surface area contributed by atoms with E-state index in [9.17, 15) is 61.5 Å². The van der Waals surface area contributed by atoms with Gasteiger partial charge in [-0.1, -0.05) is 0 Å². The number of ether oxygens (including phenoxy) is 2. The third-order valence-corrected chi connectivity index (χ3v) is 12.9. The number of nitrogens with two attached hydrogens (primary N) is 1. The van der Waals surface area contributed by atoms with Crippen molar-refractivity contribution in [2.75, 3.05) is 84.4 Å². The van der Waals surface area contributed by atoms with Crippen LogP contribution in [0.15, 0.2) is 60.7 Å². The summed E-state index contributed by atoms with van der Waals surface area (Å²) in [5.74, 6) is -4.22. The summed E-state index contributed by atoms with van der Waals surface area (Å²) in [5, 5.41) is 3.38. The molecular formula is C49H54F8N10O8S2. The van der Waals surface area contributed by atoms with Crippen molar-refractivity contribution >= 4 is 76.6 Å². The number of ketones is 1. The van der Waals surface area contributed by atoms with Crippen LogP contribution < -0.4 is 30.3 Å². The van der Waals surface area contributed by atoms with Crippen LogP contribution in [0.2, 0.25) is 0 Å². The Bertz CT molecular complexity index is 3410. The first-order valence-electron chi connectivity index (χ1n) is 23.4. The first kappa shape index (κ1) is 59.4. The molecule has 2 atom stereocenters. The van der Waals surface area contributed by atoms with Crippen molar-refractivity contribution in [3.05, 3.63) is 117 Å². The highest BCUT2D eigenvalue weighted by atomic mass is 32.2. The molecule has 0 spiro atoms.